The van der Waals surface area contributed by atoms with Gasteiger partial charge < -0.3 is 16.0 Å². The SMILES string of the molecule is CCNC(=NCCNC(=O)c1cccnc1)NC1CCC(C(C)C)CC1.I. The fourth-order valence-corrected chi connectivity index (χ4v) is 3.38. The van der Waals surface area contributed by atoms with Gasteiger partial charge in [0.2, 0.25) is 0 Å². The number of carbonyl (C=O) groups excluding carboxylic acids is 1. The average Bonchev–Trinajstić information content (AvgIpc) is 2.66. The third-order valence-electron chi connectivity index (χ3n) is 4.99. The molecular formula is C20H34IN5O. The molecule has 2 rings (SSSR count). The Morgan fingerprint density at radius 2 is 2.00 bits per heavy atom. The van der Waals surface area contributed by atoms with E-state index in [9.17, 15) is 4.79 Å². The smallest absolute Gasteiger partial charge is 0.252 e. The highest BCUT2D eigenvalue weighted by molar-refractivity contribution is 14.0. The molecule has 0 aliphatic heterocycles. The number of nitrogens with one attached hydrogen (secondary N) is 3. The lowest BCUT2D eigenvalue weighted by Gasteiger charge is -2.32. The Morgan fingerprint density at radius 3 is 2.59 bits per heavy atom. The first-order valence-electron chi connectivity index (χ1n) is 9.83. The van der Waals surface area contributed by atoms with Crippen molar-refractivity contribution in [2.45, 2.75) is 52.5 Å². The Balaban J connectivity index is 0.00000364. The zero-order chi connectivity index (χ0) is 18.8. The zero-order valence-electron chi connectivity index (χ0n) is 16.7. The van der Waals surface area contributed by atoms with Crippen molar-refractivity contribution in [2.75, 3.05) is 19.6 Å². The van der Waals surface area contributed by atoms with Crippen LogP contribution in [0, 0.1) is 11.8 Å². The molecule has 1 fully saturated rings. The van der Waals surface area contributed by atoms with Gasteiger partial charge in [0, 0.05) is 31.5 Å². The van der Waals surface area contributed by atoms with E-state index in [1.807, 2.05) is 0 Å². The number of pyridine rings is 1. The van der Waals surface area contributed by atoms with Gasteiger partial charge in [-0.2, -0.15) is 0 Å². The van der Waals surface area contributed by atoms with Gasteiger partial charge in [-0.05, 0) is 56.6 Å². The van der Waals surface area contributed by atoms with Crippen molar-refractivity contribution >= 4 is 35.8 Å². The summed E-state index contributed by atoms with van der Waals surface area (Å²) in [5, 5.41) is 9.73. The van der Waals surface area contributed by atoms with E-state index in [-0.39, 0.29) is 29.9 Å². The molecule has 0 spiro atoms. The van der Waals surface area contributed by atoms with Crippen LogP contribution in [0.2, 0.25) is 0 Å². The number of aromatic nitrogens is 1. The number of aliphatic imine (C=N–C) groups is 1. The first-order chi connectivity index (χ1) is 12.6. The van der Waals surface area contributed by atoms with Gasteiger partial charge in [0.1, 0.15) is 0 Å². The van der Waals surface area contributed by atoms with Crippen LogP contribution in [0.3, 0.4) is 0 Å². The third-order valence-corrected chi connectivity index (χ3v) is 4.99. The Kier molecular flexibility index (Phi) is 11.3. The van der Waals surface area contributed by atoms with Crippen LogP contribution in [0.5, 0.6) is 0 Å². The van der Waals surface area contributed by atoms with E-state index in [4.69, 9.17) is 0 Å². The van der Waals surface area contributed by atoms with Crippen LogP contribution in [0.15, 0.2) is 29.5 Å². The first-order valence-corrected chi connectivity index (χ1v) is 9.83. The van der Waals surface area contributed by atoms with Gasteiger partial charge in [-0.25, -0.2) is 0 Å². The summed E-state index contributed by atoms with van der Waals surface area (Å²) in [5.41, 5.74) is 0.573. The average molecular weight is 487 g/mol. The van der Waals surface area contributed by atoms with Crippen LogP contribution >= 0.6 is 24.0 Å². The van der Waals surface area contributed by atoms with Gasteiger partial charge in [-0.15, -0.1) is 24.0 Å². The number of nitrogens with zero attached hydrogens (tertiary/aromatic N) is 2. The Bertz CT molecular complexity index is 571. The molecule has 0 aromatic carbocycles. The van der Waals surface area contributed by atoms with Crippen LogP contribution in [0.25, 0.3) is 0 Å². The monoisotopic (exact) mass is 487 g/mol. The summed E-state index contributed by atoms with van der Waals surface area (Å²) in [6.45, 7) is 8.59. The maximum absolute atomic E-state index is 12.0. The molecule has 0 bridgehead atoms. The molecule has 0 saturated heterocycles. The molecule has 3 N–H and O–H groups in total. The summed E-state index contributed by atoms with van der Waals surface area (Å²) in [7, 11) is 0. The van der Waals surface area contributed by atoms with E-state index in [0.29, 0.717) is 24.7 Å². The van der Waals surface area contributed by atoms with E-state index < -0.39 is 0 Å². The standard InChI is InChI=1S/C20H33N5O.HI/c1-4-22-20(25-18-9-7-16(8-10-18)15(2)3)24-13-12-23-19(26)17-6-5-11-21-14-17;/h5-6,11,14-16,18H,4,7-10,12-13H2,1-3H3,(H,23,26)(H2,22,24,25);1H. The van der Waals surface area contributed by atoms with Crippen LogP contribution in [-0.4, -0.2) is 42.5 Å². The van der Waals surface area contributed by atoms with Crippen molar-refractivity contribution in [2.24, 2.45) is 16.8 Å². The Hall–Kier alpha value is -1.38. The molecule has 0 atom stereocenters. The number of halogens is 1. The summed E-state index contributed by atoms with van der Waals surface area (Å²) in [5.74, 6) is 2.37. The number of hydrogen-bond donors (Lipinski definition) is 3. The van der Waals surface area contributed by atoms with Crippen LogP contribution < -0.4 is 16.0 Å². The van der Waals surface area contributed by atoms with E-state index in [2.05, 4.69) is 46.7 Å². The minimum atomic E-state index is -0.113. The van der Waals surface area contributed by atoms with Gasteiger partial charge >= 0.3 is 0 Å². The topological polar surface area (TPSA) is 78.4 Å². The van der Waals surface area contributed by atoms with Crippen LogP contribution in [0.1, 0.15) is 56.8 Å². The van der Waals surface area contributed by atoms with E-state index in [1.165, 1.54) is 25.7 Å². The second kappa shape index (κ2) is 12.9. The predicted molar refractivity (Wildman–Crippen MR) is 122 cm³/mol. The molecule has 152 valence electrons. The van der Waals surface area contributed by atoms with E-state index in [0.717, 1.165) is 24.3 Å². The molecule has 27 heavy (non-hydrogen) atoms. The molecule has 1 saturated carbocycles. The predicted octanol–water partition coefficient (Wildman–Crippen LogP) is 3.20. The molecule has 1 amide bonds. The number of carbonyl (C=O) groups is 1. The van der Waals surface area contributed by atoms with Crippen molar-refractivity contribution in [3.05, 3.63) is 30.1 Å². The quantitative estimate of drug-likeness (QED) is 0.239. The molecule has 0 radical (unpaired) electrons. The van der Waals surface area contributed by atoms with Gasteiger partial charge in [-0.3, -0.25) is 14.8 Å². The maximum Gasteiger partial charge on any atom is 0.252 e. The minimum Gasteiger partial charge on any atom is -0.357 e. The summed E-state index contributed by atoms with van der Waals surface area (Å²) >= 11 is 0. The highest BCUT2D eigenvalue weighted by atomic mass is 127. The molecule has 1 heterocycles. The van der Waals surface area contributed by atoms with Crippen molar-refractivity contribution in [1.29, 1.82) is 0 Å². The lowest BCUT2D eigenvalue weighted by molar-refractivity contribution is 0.0954. The lowest BCUT2D eigenvalue weighted by Crippen LogP contribution is -2.45. The van der Waals surface area contributed by atoms with Crippen LogP contribution in [0.4, 0.5) is 0 Å². The second-order valence-corrected chi connectivity index (χ2v) is 7.26. The number of rotatable bonds is 7. The fourth-order valence-electron chi connectivity index (χ4n) is 3.38. The highest BCUT2D eigenvalue weighted by Crippen LogP contribution is 2.29. The largest absolute Gasteiger partial charge is 0.357 e. The molecule has 6 nitrogen and oxygen atoms in total. The molecule has 1 aromatic rings. The Morgan fingerprint density at radius 1 is 1.26 bits per heavy atom. The van der Waals surface area contributed by atoms with Crippen molar-refractivity contribution < 1.29 is 4.79 Å². The third kappa shape index (κ3) is 8.45. The fraction of sp³-hybridized carbons (Fsp3) is 0.650. The second-order valence-electron chi connectivity index (χ2n) is 7.26. The summed E-state index contributed by atoms with van der Waals surface area (Å²) in [6, 6.07) is 4.01. The van der Waals surface area contributed by atoms with Gasteiger partial charge in [0.15, 0.2) is 5.96 Å². The molecule has 0 unspecified atom stereocenters. The number of guanidine groups is 1. The van der Waals surface area contributed by atoms with Crippen LogP contribution in [-0.2, 0) is 0 Å². The molecule has 7 heteroatoms. The van der Waals surface area contributed by atoms with Crippen molar-refractivity contribution in [1.82, 2.24) is 20.9 Å². The molecule has 1 aliphatic carbocycles. The van der Waals surface area contributed by atoms with Gasteiger partial charge in [0.05, 0.1) is 12.1 Å². The number of hydrogen-bond acceptors (Lipinski definition) is 3. The molecule has 1 aliphatic rings. The molecule has 1 aromatic heterocycles. The summed E-state index contributed by atoms with van der Waals surface area (Å²) in [4.78, 5) is 20.5. The van der Waals surface area contributed by atoms with Crippen molar-refractivity contribution in [3.63, 3.8) is 0 Å². The zero-order valence-corrected chi connectivity index (χ0v) is 19.0. The summed E-state index contributed by atoms with van der Waals surface area (Å²) in [6.07, 6.45) is 8.20. The lowest BCUT2D eigenvalue weighted by atomic mass is 9.80. The van der Waals surface area contributed by atoms with Gasteiger partial charge in [-0.1, -0.05) is 13.8 Å². The highest BCUT2D eigenvalue weighted by Gasteiger charge is 2.23. The first kappa shape index (κ1) is 23.7. The normalized spacial score (nSPS) is 19.9. The number of amides is 1. The van der Waals surface area contributed by atoms with E-state index in [1.54, 1.807) is 24.5 Å². The van der Waals surface area contributed by atoms with Gasteiger partial charge in [0.25, 0.3) is 5.91 Å². The van der Waals surface area contributed by atoms with E-state index >= 15 is 0 Å². The Labute approximate surface area is 180 Å². The maximum atomic E-state index is 12.0. The molecular weight excluding hydrogens is 453 g/mol. The summed E-state index contributed by atoms with van der Waals surface area (Å²) < 4.78 is 0. The minimum absolute atomic E-state index is 0. The van der Waals surface area contributed by atoms with Crippen molar-refractivity contribution in [3.8, 4) is 0 Å².